The van der Waals surface area contributed by atoms with Crippen molar-refractivity contribution in [3.8, 4) is 5.75 Å². The van der Waals surface area contributed by atoms with Crippen LogP contribution in [-0.2, 0) is 4.74 Å². The van der Waals surface area contributed by atoms with E-state index in [4.69, 9.17) is 9.47 Å². The number of ether oxygens (including phenoxy) is 2. The first kappa shape index (κ1) is 16.0. The van der Waals surface area contributed by atoms with Gasteiger partial charge in [0.1, 0.15) is 5.75 Å². The largest absolute Gasteiger partial charge is 0.497 e. The molecule has 0 unspecified atom stereocenters. The molecule has 0 bridgehead atoms. The second kappa shape index (κ2) is 8.93. The highest BCUT2D eigenvalue weighted by atomic mass is 79.9. The summed E-state index contributed by atoms with van der Waals surface area (Å²) < 4.78 is 11.2. The van der Waals surface area contributed by atoms with Gasteiger partial charge < -0.3 is 14.8 Å². The number of carbonyl (C=O) groups is 1. The van der Waals surface area contributed by atoms with Gasteiger partial charge in [-0.1, -0.05) is 6.92 Å². The van der Waals surface area contributed by atoms with Crippen molar-refractivity contribution >= 4 is 21.8 Å². The number of methoxy groups -OCH3 is 1. The molecule has 5 heteroatoms. The van der Waals surface area contributed by atoms with Crippen LogP contribution in [0.5, 0.6) is 5.75 Å². The first-order valence-corrected chi connectivity index (χ1v) is 7.17. The first-order valence-electron chi connectivity index (χ1n) is 6.38. The summed E-state index contributed by atoms with van der Waals surface area (Å²) in [4.78, 5) is 12.0. The molecule has 106 valence electrons. The minimum atomic E-state index is -0.110. The summed E-state index contributed by atoms with van der Waals surface area (Å²) in [5.41, 5.74) is 0.578. The second-order valence-corrected chi connectivity index (χ2v) is 4.92. The molecular weight excluding hydrogens is 310 g/mol. The van der Waals surface area contributed by atoms with Gasteiger partial charge in [-0.05, 0) is 47.0 Å². The maximum atomic E-state index is 12.0. The third kappa shape index (κ3) is 5.61. The van der Waals surface area contributed by atoms with Gasteiger partial charge in [-0.3, -0.25) is 4.79 Å². The fourth-order valence-corrected chi connectivity index (χ4v) is 1.95. The monoisotopic (exact) mass is 329 g/mol. The molecule has 1 amide bonds. The van der Waals surface area contributed by atoms with Gasteiger partial charge in [-0.2, -0.15) is 0 Å². The van der Waals surface area contributed by atoms with Crippen molar-refractivity contribution in [2.45, 2.75) is 19.8 Å². The quantitative estimate of drug-likeness (QED) is 0.746. The number of nitrogens with one attached hydrogen (secondary N) is 1. The van der Waals surface area contributed by atoms with E-state index in [0.717, 1.165) is 23.9 Å². The number of halogens is 1. The maximum Gasteiger partial charge on any atom is 0.252 e. The Kier molecular flexibility index (Phi) is 7.52. The highest BCUT2D eigenvalue weighted by molar-refractivity contribution is 9.10. The zero-order chi connectivity index (χ0) is 14.1. The van der Waals surface area contributed by atoms with Crippen LogP contribution in [0.15, 0.2) is 22.7 Å². The van der Waals surface area contributed by atoms with Gasteiger partial charge in [-0.25, -0.2) is 0 Å². The average molecular weight is 330 g/mol. The Morgan fingerprint density at radius 1 is 1.37 bits per heavy atom. The predicted octanol–water partition coefficient (Wildman–Crippen LogP) is 3.00. The Morgan fingerprint density at radius 2 is 2.16 bits per heavy atom. The summed E-state index contributed by atoms with van der Waals surface area (Å²) in [6.45, 7) is 4.12. The predicted molar refractivity (Wildman–Crippen MR) is 78.8 cm³/mol. The molecular formula is C14H20BrNO3. The lowest BCUT2D eigenvalue weighted by Gasteiger charge is -2.08. The summed E-state index contributed by atoms with van der Waals surface area (Å²) >= 11 is 3.36. The van der Waals surface area contributed by atoms with E-state index in [0.29, 0.717) is 24.5 Å². The maximum absolute atomic E-state index is 12.0. The second-order valence-electron chi connectivity index (χ2n) is 4.07. The van der Waals surface area contributed by atoms with Crippen molar-refractivity contribution in [3.05, 3.63) is 28.2 Å². The van der Waals surface area contributed by atoms with Crippen molar-refractivity contribution in [1.82, 2.24) is 5.32 Å². The Bertz CT molecular complexity index is 410. The number of rotatable bonds is 8. The average Bonchev–Trinajstić information content (AvgIpc) is 2.43. The van der Waals surface area contributed by atoms with Gasteiger partial charge in [0.15, 0.2) is 0 Å². The van der Waals surface area contributed by atoms with Crippen LogP contribution < -0.4 is 10.1 Å². The molecule has 0 heterocycles. The fourth-order valence-electron chi connectivity index (χ4n) is 1.52. The minimum absolute atomic E-state index is 0.110. The Hall–Kier alpha value is -1.07. The third-order valence-corrected chi connectivity index (χ3v) is 3.21. The minimum Gasteiger partial charge on any atom is -0.497 e. The topological polar surface area (TPSA) is 47.6 Å². The van der Waals surface area contributed by atoms with Crippen LogP contribution in [0, 0.1) is 0 Å². The molecule has 0 aromatic heterocycles. The van der Waals surface area contributed by atoms with Crippen LogP contribution >= 0.6 is 15.9 Å². The molecule has 0 fully saturated rings. The number of hydrogen-bond donors (Lipinski definition) is 1. The van der Waals surface area contributed by atoms with Crippen molar-refractivity contribution < 1.29 is 14.3 Å². The van der Waals surface area contributed by atoms with Gasteiger partial charge in [0.2, 0.25) is 0 Å². The van der Waals surface area contributed by atoms with E-state index in [1.165, 1.54) is 0 Å². The zero-order valence-corrected chi connectivity index (χ0v) is 13.0. The molecule has 0 radical (unpaired) electrons. The normalized spacial score (nSPS) is 10.3. The summed E-state index contributed by atoms with van der Waals surface area (Å²) in [7, 11) is 1.58. The first-order chi connectivity index (χ1) is 9.19. The zero-order valence-electron chi connectivity index (χ0n) is 11.4. The van der Waals surface area contributed by atoms with Crippen LogP contribution in [-0.4, -0.2) is 32.8 Å². The Labute approximate surface area is 122 Å². The van der Waals surface area contributed by atoms with Gasteiger partial charge >= 0.3 is 0 Å². The number of benzene rings is 1. The standard InChI is InChI=1S/C14H20BrNO3/c1-3-8-19-9-4-7-16-14(17)12-10-11(18-2)5-6-13(12)15/h5-6,10H,3-4,7-9H2,1-2H3,(H,16,17). The lowest BCUT2D eigenvalue weighted by molar-refractivity contribution is 0.0940. The highest BCUT2D eigenvalue weighted by Gasteiger charge is 2.10. The Balaban J connectivity index is 2.40. The molecule has 0 aliphatic rings. The molecule has 1 aromatic carbocycles. The molecule has 0 saturated carbocycles. The molecule has 19 heavy (non-hydrogen) atoms. The van der Waals surface area contributed by atoms with E-state index in [1.807, 2.05) is 0 Å². The van der Waals surface area contributed by atoms with E-state index in [-0.39, 0.29) is 5.91 Å². The molecule has 1 N–H and O–H groups in total. The Morgan fingerprint density at radius 3 is 2.84 bits per heavy atom. The van der Waals surface area contributed by atoms with Crippen LogP contribution in [0.3, 0.4) is 0 Å². The molecule has 0 saturated heterocycles. The van der Waals surface area contributed by atoms with Gasteiger partial charge in [-0.15, -0.1) is 0 Å². The van der Waals surface area contributed by atoms with E-state index >= 15 is 0 Å². The summed E-state index contributed by atoms with van der Waals surface area (Å²) in [6.07, 6.45) is 1.83. The van der Waals surface area contributed by atoms with Gasteiger partial charge in [0.05, 0.1) is 12.7 Å². The van der Waals surface area contributed by atoms with Crippen LogP contribution in [0.1, 0.15) is 30.1 Å². The summed E-state index contributed by atoms with van der Waals surface area (Å²) in [5.74, 6) is 0.556. The fraction of sp³-hybridized carbons (Fsp3) is 0.500. The van der Waals surface area contributed by atoms with Crippen molar-refractivity contribution in [3.63, 3.8) is 0 Å². The van der Waals surface area contributed by atoms with E-state index in [1.54, 1.807) is 25.3 Å². The summed E-state index contributed by atoms with van der Waals surface area (Å²) in [6, 6.07) is 5.32. The molecule has 1 rings (SSSR count). The molecule has 0 atom stereocenters. The number of hydrogen-bond acceptors (Lipinski definition) is 3. The van der Waals surface area contributed by atoms with Crippen LogP contribution in [0.2, 0.25) is 0 Å². The van der Waals surface area contributed by atoms with E-state index in [2.05, 4.69) is 28.2 Å². The SMILES string of the molecule is CCCOCCCNC(=O)c1cc(OC)ccc1Br. The summed E-state index contributed by atoms with van der Waals surface area (Å²) in [5, 5.41) is 2.86. The van der Waals surface area contributed by atoms with Crippen molar-refractivity contribution in [2.75, 3.05) is 26.9 Å². The van der Waals surface area contributed by atoms with E-state index < -0.39 is 0 Å². The van der Waals surface area contributed by atoms with Crippen molar-refractivity contribution in [2.24, 2.45) is 0 Å². The van der Waals surface area contributed by atoms with Gasteiger partial charge in [0.25, 0.3) is 5.91 Å². The lowest BCUT2D eigenvalue weighted by atomic mass is 10.2. The number of amides is 1. The molecule has 4 nitrogen and oxygen atoms in total. The van der Waals surface area contributed by atoms with E-state index in [9.17, 15) is 4.79 Å². The van der Waals surface area contributed by atoms with Crippen molar-refractivity contribution in [1.29, 1.82) is 0 Å². The van der Waals surface area contributed by atoms with Crippen LogP contribution in [0.4, 0.5) is 0 Å². The van der Waals surface area contributed by atoms with Gasteiger partial charge in [0, 0.05) is 24.2 Å². The smallest absolute Gasteiger partial charge is 0.252 e. The molecule has 1 aromatic rings. The third-order valence-electron chi connectivity index (χ3n) is 2.52. The lowest BCUT2D eigenvalue weighted by Crippen LogP contribution is -2.25. The molecule has 0 spiro atoms. The number of carbonyl (C=O) groups excluding carboxylic acids is 1. The molecule has 0 aliphatic heterocycles. The van der Waals surface area contributed by atoms with Crippen LogP contribution in [0.25, 0.3) is 0 Å². The molecule has 0 aliphatic carbocycles. The highest BCUT2D eigenvalue weighted by Crippen LogP contribution is 2.22.